The molecule has 0 atom stereocenters. The van der Waals surface area contributed by atoms with Crippen LogP contribution >= 0.6 is 0 Å². The Morgan fingerprint density at radius 1 is 1.07 bits per heavy atom. The van der Waals surface area contributed by atoms with Crippen molar-refractivity contribution >= 4 is 16.7 Å². The zero-order valence-electron chi connectivity index (χ0n) is 16.3. The highest BCUT2D eigenvalue weighted by molar-refractivity contribution is 5.88. The van der Waals surface area contributed by atoms with Crippen LogP contribution in [0.3, 0.4) is 0 Å². The Kier molecular flexibility index (Phi) is 5.24. The number of fused-ring (bicyclic) bond motifs is 1. The van der Waals surface area contributed by atoms with Crippen LogP contribution < -0.4 is 4.74 Å². The molecule has 0 N–H and O–H groups in total. The van der Waals surface area contributed by atoms with Gasteiger partial charge in [0.05, 0.1) is 6.54 Å². The fraction of sp³-hybridized carbons (Fsp3) is 0.174. The number of rotatable bonds is 6. The van der Waals surface area contributed by atoms with E-state index in [1.54, 1.807) is 7.05 Å². The standard InChI is InChI=1S/C23H21N3O3/c1-16-7-5-10-18(13-16)23-24-21(29-25-23)14-26(2)22(27)15-28-20-12-6-9-17-8-3-4-11-19(17)20/h3-13H,14-15H2,1-2H3. The first-order chi connectivity index (χ1) is 14.1. The van der Waals surface area contributed by atoms with Gasteiger partial charge < -0.3 is 14.2 Å². The number of likely N-dealkylation sites (N-methyl/N-ethyl adjacent to an activating group) is 1. The molecule has 146 valence electrons. The van der Waals surface area contributed by atoms with Gasteiger partial charge in [-0.2, -0.15) is 4.98 Å². The SMILES string of the molecule is Cc1cccc(-c2noc(CN(C)C(=O)COc3cccc4ccccc34)n2)c1. The number of amides is 1. The number of nitrogens with zero attached hydrogens (tertiary/aromatic N) is 3. The van der Waals surface area contributed by atoms with E-state index in [1.165, 1.54) is 4.90 Å². The molecular formula is C23H21N3O3. The summed E-state index contributed by atoms with van der Waals surface area (Å²) < 4.78 is 11.1. The molecule has 1 amide bonds. The van der Waals surface area contributed by atoms with Crippen LogP contribution in [-0.4, -0.2) is 34.6 Å². The Hall–Kier alpha value is -3.67. The van der Waals surface area contributed by atoms with E-state index in [9.17, 15) is 4.79 Å². The first kappa shape index (κ1) is 18.7. The van der Waals surface area contributed by atoms with E-state index in [1.807, 2.05) is 73.7 Å². The summed E-state index contributed by atoms with van der Waals surface area (Å²) in [6.45, 7) is 2.16. The number of carbonyl (C=O) groups excluding carboxylic acids is 1. The summed E-state index contributed by atoms with van der Waals surface area (Å²) >= 11 is 0. The lowest BCUT2D eigenvalue weighted by molar-refractivity contribution is -0.132. The minimum absolute atomic E-state index is 0.0661. The number of benzene rings is 3. The van der Waals surface area contributed by atoms with Gasteiger partial charge in [-0.25, -0.2) is 0 Å². The Labute approximate surface area is 168 Å². The molecule has 0 spiro atoms. The van der Waals surface area contributed by atoms with Gasteiger partial charge in [0, 0.05) is 18.0 Å². The fourth-order valence-electron chi connectivity index (χ4n) is 3.08. The molecule has 29 heavy (non-hydrogen) atoms. The molecule has 0 aliphatic carbocycles. The second kappa shape index (κ2) is 8.14. The van der Waals surface area contributed by atoms with Crippen LogP contribution in [0.4, 0.5) is 0 Å². The predicted octanol–water partition coefficient (Wildman–Crippen LogP) is 4.24. The van der Waals surface area contributed by atoms with Crippen LogP contribution in [0.1, 0.15) is 11.5 Å². The maximum atomic E-state index is 12.5. The van der Waals surface area contributed by atoms with Crippen molar-refractivity contribution in [3.8, 4) is 17.1 Å². The summed E-state index contributed by atoms with van der Waals surface area (Å²) in [5.74, 6) is 1.40. The summed E-state index contributed by atoms with van der Waals surface area (Å²) in [4.78, 5) is 18.4. The third-order valence-corrected chi connectivity index (χ3v) is 4.64. The normalized spacial score (nSPS) is 10.8. The first-order valence-corrected chi connectivity index (χ1v) is 9.34. The summed E-state index contributed by atoms with van der Waals surface area (Å²) in [6.07, 6.45) is 0. The molecular weight excluding hydrogens is 366 g/mol. The van der Waals surface area contributed by atoms with Gasteiger partial charge >= 0.3 is 0 Å². The van der Waals surface area contributed by atoms with Gasteiger partial charge in [0.15, 0.2) is 6.61 Å². The van der Waals surface area contributed by atoms with Crippen molar-refractivity contribution in [2.75, 3.05) is 13.7 Å². The van der Waals surface area contributed by atoms with Crippen molar-refractivity contribution in [3.63, 3.8) is 0 Å². The van der Waals surface area contributed by atoms with E-state index in [0.717, 1.165) is 21.9 Å². The highest BCUT2D eigenvalue weighted by atomic mass is 16.5. The first-order valence-electron chi connectivity index (χ1n) is 9.34. The van der Waals surface area contributed by atoms with E-state index < -0.39 is 0 Å². The van der Waals surface area contributed by atoms with Gasteiger partial charge in [0.2, 0.25) is 11.7 Å². The molecule has 4 aromatic rings. The molecule has 4 rings (SSSR count). The van der Waals surface area contributed by atoms with Crippen molar-refractivity contribution in [2.24, 2.45) is 0 Å². The van der Waals surface area contributed by atoms with Gasteiger partial charge in [0.25, 0.3) is 5.91 Å². The number of hydrogen-bond acceptors (Lipinski definition) is 5. The topological polar surface area (TPSA) is 68.5 Å². The van der Waals surface area contributed by atoms with Gasteiger partial charge in [-0.3, -0.25) is 4.79 Å². The molecule has 0 unspecified atom stereocenters. The van der Waals surface area contributed by atoms with E-state index in [0.29, 0.717) is 17.5 Å². The minimum atomic E-state index is -0.173. The van der Waals surface area contributed by atoms with Crippen LogP contribution in [0, 0.1) is 6.92 Å². The molecule has 1 heterocycles. The molecule has 0 aliphatic rings. The van der Waals surface area contributed by atoms with Crippen molar-refractivity contribution in [1.29, 1.82) is 0 Å². The molecule has 6 heteroatoms. The maximum Gasteiger partial charge on any atom is 0.260 e. The van der Waals surface area contributed by atoms with E-state index in [4.69, 9.17) is 9.26 Å². The number of aryl methyl sites for hydroxylation is 1. The lowest BCUT2D eigenvalue weighted by Crippen LogP contribution is -2.31. The average molecular weight is 387 g/mol. The van der Waals surface area contributed by atoms with Crippen LogP contribution in [0.2, 0.25) is 0 Å². The maximum absolute atomic E-state index is 12.5. The zero-order chi connectivity index (χ0) is 20.2. The largest absolute Gasteiger partial charge is 0.483 e. The Balaban J connectivity index is 1.39. The quantitative estimate of drug-likeness (QED) is 0.495. The second-order valence-corrected chi connectivity index (χ2v) is 6.90. The van der Waals surface area contributed by atoms with Gasteiger partial charge in [0.1, 0.15) is 5.75 Å². The fourth-order valence-corrected chi connectivity index (χ4v) is 3.08. The van der Waals surface area contributed by atoms with E-state index >= 15 is 0 Å². The van der Waals surface area contributed by atoms with Crippen molar-refractivity contribution < 1.29 is 14.1 Å². The molecule has 0 saturated carbocycles. The van der Waals surface area contributed by atoms with Crippen LogP contribution in [-0.2, 0) is 11.3 Å². The molecule has 1 aromatic heterocycles. The molecule has 0 saturated heterocycles. The molecule has 0 fully saturated rings. The Bertz CT molecular complexity index is 1150. The number of aromatic nitrogens is 2. The zero-order valence-corrected chi connectivity index (χ0v) is 16.3. The molecule has 0 aliphatic heterocycles. The number of carbonyl (C=O) groups is 1. The lowest BCUT2D eigenvalue weighted by atomic mass is 10.1. The number of ether oxygens (including phenoxy) is 1. The smallest absolute Gasteiger partial charge is 0.260 e. The van der Waals surface area contributed by atoms with Gasteiger partial charge in [-0.05, 0) is 24.4 Å². The average Bonchev–Trinajstić information content (AvgIpc) is 3.20. The summed E-state index contributed by atoms with van der Waals surface area (Å²) in [7, 11) is 1.69. The minimum Gasteiger partial charge on any atom is -0.483 e. The molecule has 6 nitrogen and oxygen atoms in total. The molecule has 0 radical (unpaired) electrons. The summed E-state index contributed by atoms with van der Waals surface area (Å²) in [6, 6.07) is 21.6. The van der Waals surface area contributed by atoms with Crippen molar-refractivity contribution in [1.82, 2.24) is 15.0 Å². The summed E-state index contributed by atoms with van der Waals surface area (Å²) in [5, 5.41) is 6.06. The van der Waals surface area contributed by atoms with Gasteiger partial charge in [-0.15, -0.1) is 0 Å². The third kappa shape index (κ3) is 4.27. The van der Waals surface area contributed by atoms with E-state index in [-0.39, 0.29) is 19.1 Å². The Morgan fingerprint density at radius 3 is 2.72 bits per heavy atom. The Morgan fingerprint density at radius 2 is 1.86 bits per heavy atom. The van der Waals surface area contributed by atoms with Crippen LogP contribution in [0.25, 0.3) is 22.2 Å². The number of hydrogen-bond donors (Lipinski definition) is 0. The second-order valence-electron chi connectivity index (χ2n) is 6.90. The molecule has 3 aromatic carbocycles. The van der Waals surface area contributed by atoms with Gasteiger partial charge in [-0.1, -0.05) is 65.3 Å². The van der Waals surface area contributed by atoms with Crippen LogP contribution in [0.15, 0.2) is 71.3 Å². The van der Waals surface area contributed by atoms with Crippen molar-refractivity contribution in [2.45, 2.75) is 13.5 Å². The van der Waals surface area contributed by atoms with Crippen LogP contribution in [0.5, 0.6) is 5.75 Å². The van der Waals surface area contributed by atoms with E-state index in [2.05, 4.69) is 10.1 Å². The highest BCUT2D eigenvalue weighted by Gasteiger charge is 2.16. The summed E-state index contributed by atoms with van der Waals surface area (Å²) in [5.41, 5.74) is 2.00. The predicted molar refractivity (Wildman–Crippen MR) is 110 cm³/mol. The highest BCUT2D eigenvalue weighted by Crippen LogP contribution is 2.25. The third-order valence-electron chi connectivity index (χ3n) is 4.64. The molecule has 0 bridgehead atoms. The monoisotopic (exact) mass is 387 g/mol. The van der Waals surface area contributed by atoms with Crippen molar-refractivity contribution in [3.05, 3.63) is 78.2 Å². The lowest BCUT2D eigenvalue weighted by Gasteiger charge is -2.16.